The Morgan fingerprint density at radius 3 is 1.98 bits per heavy atom. The normalized spacial score (nSPS) is 13.2. The van der Waals surface area contributed by atoms with Gasteiger partial charge in [-0.1, -0.05) is 111 Å². The van der Waals surface area contributed by atoms with E-state index in [1.165, 1.54) is 27.8 Å². The van der Waals surface area contributed by atoms with Crippen molar-refractivity contribution in [2.75, 3.05) is 4.90 Å². The highest BCUT2D eigenvalue weighted by Gasteiger charge is 2.35. The fourth-order valence-corrected chi connectivity index (χ4v) is 6.72. The highest BCUT2D eigenvalue weighted by atomic mass is 16.4. The standard InChI is InChI=1S/C40H29NO2/c1-40(2)36-14-8-6-12-32(36)33-23-21-30(25-37(33)40)41(28-18-16-27(17-19-28)26-10-4-3-5-11-26)29-20-22-31-34-13-7-9-15-38(34)43-39(42)35(31)24-29/h3-25H,1-2H3. The van der Waals surface area contributed by atoms with E-state index in [0.29, 0.717) is 11.0 Å². The van der Waals surface area contributed by atoms with Crippen molar-refractivity contribution in [1.82, 2.24) is 0 Å². The predicted molar refractivity (Wildman–Crippen MR) is 178 cm³/mol. The van der Waals surface area contributed by atoms with Crippen molar-refractivity contribution in [1.29, 1.82) is 0 Å². The Kier molecular flexibility index (Phi) is 5.63. The lowest BCUT2D eigenvalue weighted by molar-refractivity contribution is 0.569. The molecule has 8 rings (SSSR count). The number of hydrogen-bond acceptors (Lipinski definition) is 3. The molecule has 0 saturated carbocycles. The van der Waals surface area contributed by atoms with Crippen LogP contribution >= 0.6 is 0 Å². The molecular formula is C40H29NO2. The Hall–Kier alpha value is -5.41. The first-order valence-corrected chi connectivity index (χ1v) is 14.6. The lowest BCUT2D eigenvalue weighted by Gasteiger charge is -2.28. The molecule has 0 unspecified atom stereocenters. The third-order valence-corrected chi connectivity index (χ3v) is 8.92. The van der Waals surface area contributed by atoms with Crippen molar-refractivity contribution < 1.29 is 4.42 Å². The first-order chi connectivity index (χ1) is 21.0. The molecule has 0 atom stereocenters. The van der Waals surface area contributed by atoms with Crippen LogP contribution in [-0.4, -0.2) is 0 Å². The van der Waals surface area contributed by atoms with Gasteiger partial charge < -0.3 is 9.32 Å². The molecular weight excluding hydrogens is 526 g/mol. The summed E-state index contributed by atoms with van der Waals surface area (Å²) in [7, 11) is 0. The number of para-hydroxylation sites is 1. The summed E-state index contributed by atoms with van der Waals surface area (Å²) in [5, 5.41) is 2.39. The van der Waals surface area contributed by atoms with Crippen LogP contribution in [0.5, 0.6) is 0 Å². The molecule has 0 bridgehead atoms. The molecule has 43 heavy (non-hydrogen) atoms. The molecule has 0 aliphatic heterocycles. The van der Waals surface area contributed by atoms with E-state index in [1.54, 1.807) is 0 Å². The molecule has 3 heteroatoms. The van der Waals surface area contributed by atoms with Crippen LogP contribution in [0.25, 0.3) is 44.0 Å². The SMILES string of the molecule is CC1(C)c2ccccc2-c2ccc(N(c3ccc(-c4ccccc4)cc3)c3ccc4c(c3)c(=O)oc3ccccc34)cc21. The van der Waals surface area contributed by atoms with E-state index >= 15 is 0 Å². The zero-order valence-corrected chi connectivity index (χ0v) is 24.0. The van der Waals surface area contributed by atoms with E-state index in [1.807, 2.05) is 42.5 Å². The second-order valence-electron chi connectivity index (χ2n) is 11.8. The van der Waals surface area contributed by atoms with Gasteiger partial charge in [0.2, 0.25) is 0 Å². The van der Waals surface area contributed by atoms with Crippen LogP contribution in [0.3, 0.4) is 0 Å². The molecule has 206 valence electrons. The Bertz CT molecular complexity index is 2230. The summed E-state index contributed by atoms with van der Waals surface area (Å²) < 4.78 is 5.74. The van der Waals surface area contributed by atoms with Crippen LogP contribution in [0.15, 0.2) is 149 Å². The van der Waals surface area contributed by atoms with Crippen molar-refractivity contribution in [3.63, 3.8) is 0 Å². The van der Waals surface area contributed by atoms with Gasteiger partial charge in [-0.3, -0.25) is 0 Å². The molecule has 1 aliphatic rings. The van der Waals surface area contributed by atoms with E-state index in [2.05, 4.69) is 116 Å². The van der Waals surface area contributed by atoms with Gasteiger partial charge in [0.15, 0.2) is 0 Å². The number of fused-ring (bicyclic) bond motifs is 6. The summed E-state index contributed by atoms with van der Waals surface area (Å²) in [5.74, 6) is 0. The Balaban J connectivity index is 1.32. The molecule has 0 amide bonds. The van der Waals surface area contributed by atoms with Gasteiger partial charge >= 0.3 is 5.63 Å². The number of hydrogen-bond donors (Lipinski definition) is 0. The molecule has 1 aliphatic carbocycles. The van der Waals surface area contributed by atoms with Crippen molar-refractivity contribution in [2.45, 2.75) is 19.3 Å². The Morgan fingerprint density at radius 1 is 0.512 bits per heavy atom. The highest BCUT2D eigenvalue weighted by Crippen LogP contribution is 2.50. The molecule has 7 aromatic rings. The monoisotopic (exact) mass is 555 g/mol. The summed E-state index contributed by atoms with van der Waals surface area (Å²) in [6, 6.07) is 48.3. The van der Waals surface area contributed by atoms with Crippen LogP contribution in [0, 0.1) is 0 Å². The summed E-state index contributed by atoms with van der Waals surface area (Å²) in [4.78, 5) is 15.5. The second-order valence-corrected chi connectivity index (χ2v) is 11.8. The molecule has 3 nitrogen and oxygen atoms in total. The van der Waals surface area contributed by atoms with E-state index in [0.717, 1.165) is 33.4 Å². The summed E-state index contributed by atoms with van der Waals surface area (Å²) >= 11 is 0. The third-order valence-electron chi connectivity index (χ3n) is 8.92. The van der Waals surface area contributed by atoms with Crippen molar-refractivity contribution in [3.8, 4) is 22.3 Å². The van der Waals surface area contributed by atoms with Gasteiger partial charge in [-0.2, -0.15) is 0 Å². The topological polar surface area (TPSA) is 33.5 Å². The summed E-state index contributed by atoms with van der Waals surface area (Å²) in [5.41, 5.74) is 10.6. The molecule has 6 aromatic carbocycles. The van der Waals surface area contributed by atoms with Gasteiger partial charge in [-0.25, -0.2) is 4.79 Å². The lowest BCUT2D eigenvalue weighted by atomic mass is 9.82. The van der Waals surface area contributed by atoms with E-state index in [9.17, 15) is 4.79 Å². The van der Waals surface area contributed by atoms with Crippen molar-refractivity contribution in [3.05, 3.63) is 161 Å². The van der Waals surface area contributed by atoms with Crippen LogP contribution < -0.4 is 10.5 Å². The Morgan fingerprint density at radius 2 is 1.14 bits per heavy atom. The number of rotatable bonds is 4. The Labute approximate surface area is 250 Å². The van der Waals surface area contributed by atoms with Gasteiger partial charge in [-0.15, -0.1) is 0 Å². The largest absolute Gasteiger partial charge is 0.422 e. The average Bonchev–Trinajstić information content (AvgIpc) is 3.28. The predicted octanol–water partition coefficient (Wildman–Crippen LogP) is 10.4. The fraction of sp³-hybridized carbons (Fsp3) is 0.0750. The average molecular weight is 556 g/mol. The molecule has 0 spiro atoms. The summed E-state index contributed by atoms with van der Waals surface area (Å²) in [6.45, 7) is 4.60. The number of nitrogens with zero attached hydrogens (tertiary/aromatic N) is 1. The fourth-order valence-electron chi connectivity index (χ4n) is 6.72. The van der Waals surface area contributed by atoms with Gasteiger partial charge in [-0.05, 0) is 75.8 Å². The minimum Gasteiger partial charge on any atom is -0.422 e. The van der Waals surface area contributed by atoms with Crippen molar-refractivity contribution >= 4 is 38.8 Å². The van der Waals surface area contributed by atoms with Gasteiger partial charge in [0, 0.05) is 33.2 Å². The molecule has 0 N–H and O–H groups in total. The molecule has 1 heterocycles. The zero-order valence-electron chi connectivity index (χ0n) is 24.0. The van der Waals surface area contributed by atoms with Gasteiger partial charge in [0.05, 0.1) is 5.39 Å². The van der Waals surface area contributed by atoms with E-state index in [4.69, 9.17) is 4.42 Å². The maximum atomic E-state index is 13.2. The van der Waals surface area contributed by atoms with Gasteiger partial charge in [0.1, 0.15) is 5.58 Å². The quantitative estimate of drug-likeness (QED) is 0.160. The smallest absolute Gasteiger partial charge is 0.344 e. The molecule has 1 aromatic heterocycles. The van der Waals surface area contributed by atoms with E-state index in [-0.39, 0.29) is 11.0 Å². The van der Waals surface area contributed by atoms with Crippen molar-refractivity contribution in [2.24, 2.45) is 0 Å². The third kappa shape index (κ3) is 4.00. The minimum atomic E-state index is -0.333. The maximum absolute atomic E-state index is 13.2. The highest BCUT2D eigenvalue weighted by molar-refractivity contribution is 6.05. The minimum absolute atomic E-state index is 0.131. The lowest BCUT2D eigenvalue weighted by Crippen LogP contribution is -2.16. The second kappa shape index (κ2) is 9.57. The van der Waals surface area contributed by atoms with Gasteiger partial charge in [0.25, 0.3) is 0 Å². The van der Waals surface area contributed by atoms with Crippen LogP contribution in [0.1, 0.15) is 25.0 Å². The summed E-state index contributed by atoms with van der Waals surface area (Å²) in [6.07, 6.45) is 0. The number of benzene rings is 6. The number of anilines is 3. The maximum Gasteiger partial charge on any atom is 0.344 e. The van der Waals surface area contributed by atoms with E-state index < -0.39 is 0 Å². The van der Waals surface area contributed by atoms with Crippen LogP contribution in [-0.2, 0) is 5.41 Å². The zero-order chi connectivity index (χ0) is 29.1. The molecule has 0 saturated heterocycles. The first-order valence-electron chi connectivity index (χ1n) is 14.6. The first kappa shape index (κ1) is 25.3. The molecule has 0 fully saturated rings. The molecule has 0 radical (unpaired) electrons. The van der Waals surface area contributed by atoms with Crippen LogP contribution in [0.2, 0.25) is 0 Å². The van der Waals surface area contributed by atoms with Crippen LogP contribution in [0.4, 0.5) is 17.1 Å².